The third kappa shape index (κ3) is 3.01. The first-order valence-corrected chi connectivity index (χ1v) is 19.0. The SMILES string of the molecule is O=C1C2C(C(=O)N1[O][Sb]([c]1ccccc1)([c]1ccccc1)([c]1ccccc1)[c]1ccccc1)[C@H]1C=C[C@@H]2O1. The van der Waals surface area contributed by atoms with Gasteiger partial charge >= 0.3 is 224 Å². The fourth-order valence-electron chi connectivity index (χ4n) is 6.45. The molecule has 2 unspecified atom stereocenters. The number of hydroxylamine groups is 2. The van der Waals surface area contributed by atoms with E-state index >= 15 is 0 Å². The van der Waals surface area contributed by atoms with Crippen LogP contribution in [0.5, 0.6) is 0 Å². The molecule has 4 aromatic rings. The molecule has 0 radical (unpaired) electrons. The Morgan fingerprint density at radius 1 is 0.526 bits per heavy atom. The van der Waals surface area contributed by atoms with Crippen LogP contribution in [0, 0.1) is 11.8 Å². The molecule has 7 rings (SSSR count). The van der Waals surface area contributed by atoms with Crippen LogP contribution < -0.4 is 14.0 Å². The number of hydrogen-bond acceptors (Lipinski definition) is 4. The van der Waals surface area contributed by atoms with E-state index < -0.39 is 41.9 Å². The first kappa shape index (κ1) is 23.6. The Morgan fingerprint density at radius 2 is 0.842 bits per heavy atom. The van der Waals surface area contributed by atoms with Gasteiger partial charge in [-0.1, -0.05) is 0 Å². The van der Waals surface area contributed by atoms with Crippen LogP contribution in [-0.2, 0) is 17.4 Å². The molecule has 0 spiro atoms. The molecule has 4 atom stereocenters. The van der Waals surface area contributed by atoms with Gasteiger partial charge in [0.2, 0.25) is 0 Å². The molecular formula is C32H26NO4Sb. The average molecular weight is 610 g/mol. The Hall–Kier alpha value is -3.50. The van der Waals surface area contributed by atoms with Crippen LogP contribution in [-0.4, -0.2) is 46.9 Å². The molecule has 0 aromatic heterocycles. The van der Waals surface area contributed by atoms with Crippen molar-refractivity contribution in [2.45, 2.75) is 12.2 Å². The molecule has 2 amide bonds. The summed E-state index contributed by atoms with van der Waals surface area (Å²) in [6, 6.07) is 40.5. The molecule has 3 aliphatic rings. The van der Waals surface area contributed by atoms with Crippen LogP contribution in [0.25, 0.3) is 0 Å². The van der Waals surface area contributed by atoms with E-state index in [9.17, 15) is 9.59 Å². The van der Waals surface area contributed by atoms with Crippen molar-refractivity contribution in [3.8, 4) is 0 Å². The number of benzene rings is 4. The van der Waals surface area contributed by atoms with Gasteiger partial charge in [0.1, 0.15) is 0 Å². The summed E-state index contributed by atoms with van der Waals surface area (Å²) < 4.78 is 17.2. The molecule has 0 saturated carbocycles. The quantitative estimate of drug-likeness (QED) is 0.191. The van der Waals surface area contributed by atoms with Crippen molar-refractivity contribution < 1.29 is 17.4 Å². The summed E-state index contributed by atoms with van der Waals surface area (Å²) in [5.41, 5.74) is 0. The maximum atomic E-state index is 14.0. The molecule has 188 valence electrons. The van der Waals surface area contributed by atoms with Crippen molar-refractivity contribution in [2.75, 3.05) is 0 Å². The van der Waals surface area contributed by atoms with Crippen LogP contribution in [0.4, 0.5) is 0 Å². The molecule has 6 heteroatoms. The molecule has 3 heterocycles. The van der Waals surface area contributed by atoms with E-state index in [4.69, 9.17) is 7.85 Å². The summed E-state index contributed by atoms with van der Waals surface area (Å²) in [6.07, 6.45) is 3.01. The number of carbonyl (C=O) groups excluding carboxylic acids is 2. The van der Waals surface area contributed by atoms with Gasteiger partial charge in [0, 0.05) is 0 Å². The van der Waals surface area contributed by atoms with Crippen LogP contribution in [0.2, 0.25) is 0 Å². The average Bonchev–Trinajstić information content (AvgIpc) is 3.68. The van der Waals surface area contributed by atoms with Gasteiger partial charge in [-0.05, 0) is 0 Å². The fourth-order valence-corrected chi connectivity index (χ4v) is 22.5. The van der Waals surface area contributed by atoms with Gasteiger partial charge in [-0.2, -0.15) is 0 Å². The van der Waals surface area contributed by atoms with Gasteiger partial charge in [0.15, 0.2) is 0 Å². The second-order valence-corrected chi connectivity index (χ2v) is 22.2. The number of rotatable bonds is 6. The monoisotopic (exact) mass is 609 g/mol. The normalized spacial score (nSPS) is 24.8. The third-order valence-corrected chi connectivity index (χ3v) is 24.2. The number of hydrogen-bond donors (Lipinski definition) is 0. The van der Waals surface area contributed by atoms with Gasteiger partial charge in [-0.25, -0.2) is 0 Å². The standard InChI is InChI=1S/C8H6NO4.4C6H5.Sb/c10-7-5-3-1-2-4(13-3)6(5)8(11)9(7)12;4*1-2-4-6-5-3-1;/h1-6H;4*1-5H;/q-1;;;;;+1/t3-,4+,5?,6?;;;;;. The van der Waals surface area contributed by atoms with Gasteiger partial charge in [-0.3, -0.25) is 0 Å². The van der Waals surface area contributed by atoms with Gasteiger partial charge in [-0.15, -0.1) is 0 Å². The zero-order valence-electron chi connectivity index (χ0n) is 20.5. The van der Waals surface area contributed by atoms with E-state index in [2.05, 4.69) is 48.5 Å². The zero-order valence-corrected chi connectivity index (χ0v) is 23.1. The van der Waals surface area contributed by atoms with Crippen LogP contribution in [0.3, 0.4) is 0 Å². The predicted molar refractivity (Wildman–Crippen MR) is 148 cm³/mol. The van der Waals surface area contributed by atoms with E-state index in [0.29, 0.717) is 0 Å². The second-order valence-electron chi connectivity index (χ2n) is 9.93. The summed E-state index contributed by atoms with van der Waals surface area (Å²) in [6.45, 7) is 0. The summed E-state index contributed by atoms with van der Waals surface area (Å²) in [4.78, 5) is 28.1. The van der Waals surface area contributed by atoms with E-state index in [1.807, 2.05) is 84.9 Å². The van der Waals surface area contributed by atoms with Gasteiger partial charge in [0.25, 0.3) is 0 Å². The van der Waals surface area contributed by atoms with E-state index in [-0.39, 0.29) is 11.8 Å². The molecule has 0 N–H and O–H groups in total. The molecular weight excluding hydrogens is 584 g/mol. The van der Waals surface area contributed by atoms with Crippen molar-refractivity contribution in [1.29, 1.82) is 0 Å². The fraction of sp³-hybridized carbons (Fsp3) is 0.125. The summed E-state index contributed by atoms with van der Waals surface area (Å²) >= 11 is -5.41. The van der Waals surface area contributed by atoms with Crippen molar-refractivity contribution in [2.24, 2.45) is 11.8 Å². The Labute approximate surface area is 222 Å². The van der Waals surface area contributed by atoms with Crippen molar-refractivity contribution in [1.82, 2.24) is 5.06 Å². The molecule has 0 aliphatic carbocycles. The molecule has 38 heavy (non-hydrogen) atoms. The zero-order chi connectivity index (χ0) is 25.8. The third-order valence-electron chi connectivity index (χ3n) is 8.11. The summed E-state index contributed by atoms with van der Waals surface area (Å²) in [5.74, 6) is -1.77. The first-order chi connectivity index (χ1) is 18.6. The molecule has 5 nitrogen and oxygen atoms in total. The van der Waals surface area contributed by atoms with Crippen LogP contribution in [0.15, 0.2) is 133 Å². The minimum atomic E-state index is -5.41. The second kappa shape index (κ2) is 8.77. The Morgan fingerprint density at radius 3 is 1.16 bits per heavy atom. The number of imide groups is 1. The summed E-state index contributed by atoms with van der Waals surface area (Å²) in [7, 11) is 0. The van der Waals surface area contributed by atoms with Crippen LogP contribution in [0.1, 0.15) is 0 Å². The number of carbonyl (C=O) groups is 2. The molecule has 2 bridgehead atoms. The number of fused-ring (bicyclic) bond motifs is 5. The number of amides is 2. The Balaban J connectivity index is 1.58. The number of ether oxygens (including phenoxy) is 1. The van der Waals surface area contributed by atoms with E-state index in [1.54, 1.807) is 0 Å². The number of nitrogens with zero attached hydrogens (tertiary/aromatic N) is 1. The topological polar surface area (TPSA) is 55.8 Å². The van der Waals surface area contributed by atoms with Crippen molar-refractivity contribution in [3.05, 3.63) is 133 Å². The van der Waals surface area contributed by atoms with Gasteiger partial charge in [0.05, 0.1) is 0 Å². The first-order valence-electron chi connectivity index (χ1n) is 12.8. The Bertz CT molecular complexity index is 1340. The minimum absolute atomic E-state index is 0.325. The predicted octanol–water partition coefficient (Wildman–Crippen LogP) is 2.38. The van der Waals surface area contributed by atoms with Crippen molar-refractivity contribution in [3.63, 3.8) is 0 Å². The van der Waals surface area contributed by atoms with Crippen molar-refractivity contribution >= 4 is 43.7 Å². The van der Waals surface area contributed by atoms with E-state index in [1.165, 1.54) is 0 Å². The summed E-state index contributed by atoms with van der Waals surface area (Å²) in [5, 5.41) is 1.12. The van der Waals surface area contributed by atoms with Gasteiger partial charge < -0.3 is 0 Å². The molecule has 2 fully saturated rings. The van der Waals surface area contributed by atoms with Crippen LogP contribution >= 0.6 is 0 Å². The Kier molecular flexibility index (Phi) is 5.45. The molecule has 2 saturated heterocycles. The van der Waals surface area contributed by atoms with E-state index in [0.717, 1.165) is 19.1 Å². The maximum absolute atomic E-state index is 14.0. The molecule has 3 aliphatic heterocycles. The molecule has 4 aromatic carbocycles.